The molecule has 0 saturated heterocycles. The van der Waals surface area contributed by atoms with Crippen LogP contribution in [0.5, 0.6) is 0 Å². The van der Waals surface area contributed by atoms with Gasteiger partial charge in [-0.2, -0.15) is 0 Å². The second-order valence-corrected chi connectivity index (χ2v) is 20.8. The molecule has 0 N–H and O–H groups in total. The van der Waals surface area contributed by atoms with Crippen molar-refractivity contribution in [2.75, 3.05) is 0 Å². The standard InChI is InChI=1S/CCl6Ge/c2-1(3,4)8(5,6)7. The Morgan fingerprint density at radius 3 is 1.00 bits per heavy atom. The molecule has 7 heteroatoms. The molecule has 0 aromatic carbocycles. The third-order valence-electron chi connectivity index (χ3n) is 0.321. The summed E-state index contributed by atoms with van der Waals surface area (Å²) in [6, 6.07) is 0. The molecule has 0 aromatic rings. The summed E-state index contributed by atoms with van der Waals surface area (Å²) in [7, 11) is 12.4. The van der Waals surface area contributed by atoms with Crippen LogP contribution in [0.4, 0.5) is 0 Å². The van der Waals surface area contributed by atoms with E-state index >= 15 is 0 Å². The normalized spacial score (nSPS) is 14.2. The Bertz CT molecular complexity index is 63.5. The van der Waals surface area contributed by atoms with Gasteiger partial charge < -0.3 is 0 Å². The first-order valence-corrected chi connectivity index (χ1v) is 11.8. The van der Waals surface area contributed by atoms with Gasteiger partial charge in [-0.1, -0.05) is 0 Å². The maximum absolute atomic E-state index is 5.33. The van der Waals surface area contributed by atoms with E-state index < -0.39 is 13.1 Å². The SMILES string of the molecule is Cl[C](Cl)(Cl)[Ge]([Cl])([Cl])[Cl]. The molecule has 0 unspecified atom stereocenters. The molecule has 0 aliphatic carbocycles. The zero-order chi connectivity index (χ0) is 7.00. The van der Waals surface area contributed by atoms with Gasteiger partial charge >= 0.3 is 77.9 Å². The van der Waals surface area contributed by atoms with Gasteiger partial charge in [0.25, 0.3) is 0 Å². The van der Waals surface area contributed by atoms with Gasteiger partial charge in [0.2, 0.25) is 0 Å². The van der Waals surface area contributed by atoms with Gasteiger partial charge in [-0.25, -0.2) is 0 Å². The first-order chi connectivity index (χ1) is 3.25. The van der Waals surface area contributed by atoms with Gasteiger partial charge in [-0.15, -0.1) is 0 Å². The van der Waals surface area contributed by atoms with Crippen molar-refractivity contribution in [3.05, 3.63) is 0 Å². The zero-order valence-corrected chi connectivity index (χ0v) is 9.90. The third-order valence-corrected chi connectivity index (χ3v) is 15.0. The van der Waals surface area contributed by atoms with Crippen molar-refractivity contribution in [3.63, 3.8) is 0 Å². The molecule has 0 heterocycles. The fraction of sp³-hybridized carbons (Fsp3) is 1.00. The monoisotopic (exact) mass is 296 g/mol. The zero-order valence-electron chi connectivity index (χ0n) is 3.27. The first kappa shape index (κ1) is 10.3. The van der Waals surface area contributed by atoms with E-state index in [1.165, 1.54) is 0 Å². The molecule has 0 radical (unpaired) electrons. The van der Waals surface area contributed by atoms with E-state index in [2.05, 4.69) is 0 Å². The summed E-state index contributed by atoms with van der Waals surface area (Å²) in [5.74, 6) is 0. The maximum atomic E-state index is 5.33. The second-order valence-electron chi connectivity index (χ2n) is 0.996. The van der Waals surface area contributed by atoms with Crippen molar-refractivity contribution < 1.29 is 0 Å². The molecule has 0 spiro atoms. The summed E-state index contributed by atoms with van der Waals surface area (Å²) >= 11 is 15.7. The Morgan fingerprint density at radius 2 is 1.00 bits per heavy atom. The van der Waals surface area contributed by atoms with E-state index in [1.54, 1.807) is 0 Å². The molecule has 0 aliphatic rings. The van der Waals surface area contributed by atoms with Gasteiger partial charge in [0.15, 0.2) is 0 Å². The van der Waals surface area contributed by atoms with E-state index in [0.717, 1.165) is 0 Å². The summed E-state index contributed by atoms with van der Waals surface area (Å²) in [5, 5.41) is 0. The van der Waals surface area contributed by atoms with Gasteiger partial charge in [-0.05, 0) is 0 Å². The van der Waals surface area contributed by atoms with Crippen molar-refractivity contribution in [2.24, 2.45) is 0 Å². The number of halogens is 6. The van der Waals surface area contributed by atoms with Crippen LogP contribution in [-0.4, -0.2) is 13.1 Å². The summed E-state index contributed by atoms with van der Waals surface area (Å²) in [5.41, 5.74) is 0. The summed E-state index contributed by atoms with van der Waals surface area (Å²) in [6.45, 7) is 0. The number of rotatable bonds is 0. The Labute approximate surface area is 77.2 Å². The Kier molecular flexibility index (Phi) is 4.01. The molecule has 0 amide bonds. The number of alkyl halides is 3. The predicted molar refractivity (Wildman–Crippen MR) is 43.6 cm³/mol. The van der Waals surface area contributed by atoms with Gasteiger partial charge in [0, 0.05) is 0 Å². The molecular weight excluding hydrogens is 297 g/mol. The van der Waals surface area contributed by atoms with Crippen LogP contribution in [-0.2, 0) is 0 Å². The van der Waals surface area contributed by atoms with Gasteiger partial charge in [0.05, 0.1) is 0 Å². The fourth-order valence-electron chi connectivity index (χ4n) is 0. The molecule has 0 fully saturated rings. The van der Waals surface area contributed by atoms with E-state index in [4.69, 9.17) is 64.8 Å². The van der Waals surface area contributed by atoms with Crippen LogP contribution < -0.4 is 0 Å². The number of hydrogen-bond acceptors (Lipinski definition) is 0. The third kappa shape index (κ3) is 3.45. The van der Waals surface area contributed by atoms with Crippen LogP contribution in [0.3, 0.4) is 0 Å². The van der Waals surface area contributed by atoms with Crippen molar-refractivity contribution in [3.8, 4) is 0 Å². The molecule has 8 heavy (non-hydrogen) atoms. The summed E-state index contributed by atoms with van der Waals surface area (Å²) < 4.78 is -1.66. The first-order valence-electron chi connectivity index (χ1n) is 1.38. The fourth-order valence-corrected chi connectivity index (χ4v) is 0. The van der Waals surface area contributed by atoms with Crippen LogP contribution in [0.25, 0.3) is 0 Å². The molecule has 0 saturated carbocycles. The minimum absolute atomic E-state index is 1.66. The molecule has 0 aliphatic heterocycles. The van der Waals surface area contributed by atoms with Crippen LogP contribution in [0.2, 0.25) is 0 Å². The van der Waals surface area contributed by atoms with Crippen LogP contribution in [0.15, 0.2) is 0 Å². The van der Waals surface area contributed by atoms with Crippen molar-refractivity contribution >= 4 is 75.3 Å². The van der Waals surface area contributed by atoms with E-state index in [1.807, 2.05) is 0 Å². The molecule has 0 bridgehead atoms. The Balaban J connectivity index is 4.02. The molecule has 0 aromatic heterocycles. The minimum atomic E-state index is -3.60. The van der Waals surface area contributed by atoms with Crippen LogP contribution >= 0.6 is 64.8 Å². The Hall–Kier alpha value is 2.28. The number of hydrogen-bond donors (Lipinski definition) is 0. The van der Waals surface area contributed by atoms with Crippen LogP contribution in [0.1, 0.15) is 0 Å². The van der Waals surface area contributed by atoms with Crippen LogP contribution in [0, 0.1) is 0 Å². The quantitative estimate of drug-likeness (QED) is 0.474. The summed E-state index contributed by atoms with van der Waals surface area (Å²) in [4.78, 5) is 0. The average Bonchev–Trinajstić information content (AvgIpc) is 1.25. The van der Waals surface area contributed by atoms with E-state index in [0.29, 0.717) is 0 Å². The topological polar surface area (TPSA) is 0 Å². The molecule has 0 nitrogen and oxygen atoms in total. The van der Waals surface area contributed by atoms with Crippen molar-refractivity contribution in [1.82, 2.24) is 0 Å². The van der Waals surface area contributed by atoms with E-state index in [9.17, 15) is 0 Å². The van der Waals surface area contributed by atoms with Crippen molar-refractivity contribution in [1.29, 1.82) is 0 Å². The molecule has 50 valence electrons. The van der Waals surface area contributed by atoms with Gasteiger partial charge in [0.1, 0.15) is 0 Å². The second kappa shape index (κ2) is 3.12. The average molecular weight is 297 g/mol. The Morgan fingerprint density at radius 1 is 0.875 bits per heavy atom. The molecule has 0 rings (SSSR count). The van der Waals surface area contributed by atoms with Gasteiger partial charge in [-0.3, -0.25) is 0 Å². The molecule has 0 atom stereocenters. The van der Waals surface area contributed by atoms with E-state index in [-0.39, 0.29) is 0 Å². The summed E-state index contributed by atoms with van der Waals surface area (Å²) in [6.07, 6.45) is 0. The predicted octanol–water partition coefficient (Wildman–Crippen LogP) is 3.55. The molecular formula is CCl6Ge. The van der Waals surface area contributed by atoms with Crippen molar-refractivity contribution in [2.45, 2.75) is 2.63 Å².